The van der Waals surface area contributed by atoms with Gasteiger partial charge in [0.1, 0.15) is 11.3 Å². The summed E-state index contributed by atoms with van der Waals surface area (Å²) in [5.74, 6) is 0.830. The third-order valence-electron chi connectivity index (χ3n) is 5.81. The minimum atomic E-state index is -0.317. The Kier molecular flexibility index (Phi) is 10.0. The predicted molar refractivity (Wildman–Crippen MR) is 138 cm³/mol. The maximum atomic E-state index is 11.9. The van der Waals surface area contributed by atoms with Crippen molar-refractivity contribution in [3.8, 4) is 5.75 Å². The van der Waals surface area contributed by atoms with E-state index in [-0.39, 0.29) is 11.5 Å². The van der Waals surface area contributed by atoms with Gasteiger partial charge < -0.3 is 19.8 Å². The van der Waals surface area contributed by atoms with Gasteiger partial charge in [-0.1, -0.05) is 50.8 Å². The van der Waals surface area contributed by atoms with Crippen LogP contribution in [0.15, 0.2) is 57.7 Å². The third-order valence-corrected chi connectivity index (χ3v) is 5.81. The molecule has 0 unspecified atom stereocenters. The maximum absolute atomic E-state index is 11.9. The number of carbonyl (C=O) groups excluding carboxylic acids is 1. The Morgan fingerprint density at radius 3 is 2.56 bits per heavy atom. The lowest BCUT2D eigenvalue weighted by Crippen LogP contribution is -2.30. The number of carbonyl (C=O) groups is 1. The summed E-state index contributed by atoms with van der Waals surface area (Å²) in [6, 6.07) is 15.2. The number of hydrogen-bond donors (Lipinski definition) is 2. The molecule has 0 saturated carbocycles. The zero-order valence-corrected chi connectivity index (χ0v) is 20.3. The van der Waals surface area contributed by atoms with E-state index in [4.69, 9.17) is 9.15 Å². The normalized spacial score (nSPS) is 10.9. The maximum Gasteiger partial charge on any atom is 0.336 e. The van der Waals surface area contributed by atoms with Crippen LogP contribution in [0.1, 0.15) is 56.6 Å². The molecule has 1 amide bonds. The molecule has 0 saturated heterocycles. The molecule has 6 heteroatoms. The second kappa shape index (κ2) is 13.4. The quantitative estimate of drug-likeness (QED) is 0.239. The number of para-hydroxylation sites is 1. The first kappa shape index (κ1) is 25.3. The van der Waals surface area contributed by atoms with Gasteiger partial charge in [-0.25, -0.2) is 4.79 Å². The van der Waals surface area contributed by atoms with E-state index in [1.54, 1.807) is 0 Å². The standard InChI is InChI=1S/C28H36N2O4/c1-3-12-24-25(16-15-23-21(2)19-27(32)34-28(23)24)33-18-11-6-4-5-10-17-29-26(31)20-30-22-13-8-7-9-14-22/h7-9,13-16,19,30H,3-6,10-12,17-18,20H2,1-2H3,(H,29,31). The van der Waals surface area contributed by atoms with Crippen molar-refractivity contribution in [3.05, 3.63) is 70.1 Å². The molecule has 2 aromatic carbocycles. The van der Waals surface area contributed by atoms with Crippen LogP contribution in [0.3, 0.4) is 0 Å². The van der Waals surface area contributed by atoms with E-state index in [1.165, 1.54) is 6.07 Å². The average Bonchev–Trinajstić information content (AvgIpc) is 2.83. The molecule has 1 aromatic heterocycles. The second-order valence-corrected chi connectivity index (χ2v) is 8.60. The lowest BCUT2D eigenvalue weighted by molar-refractivity contribution is -0.119. The lowest BCUT2D eigenvalue weighted by atomic mass is 10.0. The Bertz CT molecular complexity index is 1110. The minimum Gasteiger partial charge on any atom is -0.493 e. The van der Waals surface area contributed by atoms with Crippen LogP contribution >= 0.6 is 0 Å². The van der Waals surface area contributed by atoms with Crippen LogP contribution in [0.4, 0.5) is 5.69 Å². The Morgan fingerprint density at radius 1 is 1.00 bits per heavy atom. The van der Waals surface area contributed by atoms with Crippen LogP contribution in [-0.2, 0) is 11.2 Å². The molecular formula is C28H36N2O4. The van der Waals surface area contributed by atoms with E-state index in [2.05, 4.69) is 17.6 Å². The van der Waals surface area contributed by atoms with Crippen molar-refractivity contribution in [1.29, 1.82) is 0 Å². The molecule has 0 aliphatic rings. The van der Waals surface area contributed by atoms with Crippen LogP contribution in [0.25, 0.3) is 11.0 Å². The molecule has 182 valence electrons. The average molecular weight is 465 g/mol. The number of hydrogen-bond acceptors (Lipinski definition) is 5. The molecule has 0 atom stereocenters. The number of rotatable bonds is 14. The first-order valence-electron chi connectivity index (χ1n) is 12.3. The van der Waals surface area contributed by atoms with E-state index in [0.29, 0.717) is 25.3 Å². The summed E-state index contributed by atoms with van der Waals surface area (Å²) in [5.41, 5.74) is 3.20. The predicted octanol–water partition coefficient (Wildman–Crippen LogP) is 5.61. The smallest absolute Gasteiger partial charge is 0.336 e. The first-order chi connectivity index (χ1) is 16.6. The number of anilines is 1. The molecule has 1 heterocycles. The van der Waals surface area contributed by atoms with Crippen molar-refractivity contribution in [3.63, 3.8) is 0 Å². The highest BCUT2D eigenvalue weighted by molar-refractivity contribution is 5.85. The molecule has 0 spiro atoms. The van der Waals surface area contributed by atoms with Gasteiger partial charge in [0.25, 0.3) is 0 Å². The summed E-state index contributed by atoms with van der Waals surface area (Å²) in [4.78, 5) is 23.8. The summed E-state index contributed by atoms with van der Waals surface area (Å²) < 4.78 is 11.6. The van der Waals surface area contributed by atoms with Gasteiger partial charge in [0.2, 0.25) is 5.91 Å². The summed E-state index contributed by atoms with van der Waals surface area (Å²) >= 11 is 0. The van der Waals surface area contributed by atoms with E-state index < -0.39 is 0 Å². The topological polar surface area (TPSA) is 80.6 Å². The van der Waals surface area contributed by atoms with E-state index >= 15 is 0 Å². The molecule has 2 N–H and O–H groups in total. The van der Waals surface area contributed by atoms with E-state index in [1.807, 2.05) is 49.4 Å². The zero-order valence-electron chi connectivity index (χ0n) is 20.3. The number of benzene rings is 2. The number of ether oxygens (including phenoxy) is 1. The number of aryl methyl sites for hydroxylation is 2. The Hall–Kier alpha value is -3.28. The van der Waals surface area contributed by atoms with Crippen molar-refractivity contribution in [2.45, 2.75) is 58.8 Å². The van der Waals surface area contributed by atoms with Crippen LogP contribution in [0.2, 0.25) is 0 Å². The van der Waals surface area contributed by atoms with Crippen LogP contribution < -0.4 is 21.0 Å². The highest BCUT2D eigenvalue weighted by Crippen LogP contribution is 2.30. The van der Waals surface area contributed by atoms with Gasteiger partial charge in [0.15, 0.2) is 0 Å². The second-order valence-electron chi connectivity index (χ2n) is 8.60. The van der Waals surface area contributed by atoms with E-state index in [9.17, 15) is 9.59 Å². The summed E-state index contributed by atoms with van der Waals surface area (Å²) in [7, 11) is 0. The molecule has 0 aliphatic heterocycles. The van der Waals surface area contributed by atoms with Crippen molar-refractivity contribution in [1.82, 2.24) is 5.32 Å². The van der Waals surface area contributed by atoms with Crippen molar-refractivity contribution >= 4 is 22.6 Å². The van der Waals surface area contributed by atoms with Crippen molar-refractivity contribution < 1.29 is 13.9 Å². The Balaban J connectivity index is 1.32. The number of unbranched alkanes of at least 4 members (excludes halogenated alkanes) is 4. The van der Waals surface area contributed by atoms with Gasteiger partial charge in [-0.05, 0) is 56.0 Å². The van der Waals surface area contributed by atoms with Gasteiger partial charge in [0.05, 0.1) is 13.2 Å². The molecule has 0 bridgehead atoms. The SMILES string of the molecule is CCCc1c(OCCCCCCCNC(=O)CNc2ccccc2)ccc2c(C)cc(=O)oc12. The first-order valence-corrected chi connectivity index (χ1v) is 12.3. The monoisotopic (exact) mass is 464 g/mol. The fraction of sp³-hybridized carbons (Fsp3) is 0.429. The Morgan fingerprint density at radius 2 is 1.76 bits per heavy atom. The molecule has 3 aromatic rings. The van der Waals surface area contributed by atoms with Gasteiger partial charge >= 0.3 is 5.63 Å². The number of nitrogens with one attached hydrogen (secondary N) is 2. The fourth-order valence-corrected chi connectivity index (χ4v) is 4.01. The van der Waals surface area contributed by atoms with Crippen LogP contribution in [-0.4, -0.2) is 25.6 Å². The van der Waals surface area contributed by atoms with Gasteiger partial charge in [0, 0.05) is 29.2 Å². The van der Waals surface area contributed by atoms with E-state index in [0.717, 1.165) is 72.9 Å². The van der Waals surface area contributed by atoms with Gasteiger partial charge in [-0.15, -0.1) is 0 Å². The molecule has 34 heavy (non-hydrogen) atoms. The third kappa shape index (κ3) is 7.65. The molecule has 0 aliphatic carbocycles. The molecule has 0 fully saturated rings. The van der Waals surface area contributed by atoms with Crippen LogP contribution in [0, 0.1) is 6.92 Å². The number of fused-ring (bicyclic) bond motifs is 1. The highest BCUT2D eigenvalue weighted by atomic mass is 16.5. The highest BCUT2D eigenvalue weighted by Gasteiger charge is 2.13. The summed E-state index contributed by atoms with van der Waals surface area (Å²) in [6.45, 7) is 5.68. The fourth-order valence-electron chi connectivity index (χ4n) is 4.01. The van der Waals surface area contributed by atoms with Crippen LogP contribution in [0.5, 0.6) is 5.75 Å². The van der Waals surface area contributed by atoms with Crippen molar-refractivity contribution in [2.24, 2.45) is 0 Å². The molecule has 3 rings (SSSR count). The molecule has 0 radical (unpaired) electrons. The van der Waals surface area contributed by atoms with Gasteiger partial charge in [-0.2, -0.15) is 0 Å². The zero-order chi connectivity index (χ0) is 24.2. The molecule has 6 nitrogen and oxygen atoms in total. The van der Waals surface area contributed by atoms with Crippen molar-refractivity contribution in [2.75, 3.05) is 25.0 Å². The molecular weight excluding hydrogens is 428 g/mol. The van der Waals surface area contributed by atoms with Gasteiger partial charge in [-0.3, -0.25) is 4.79 Å². The summed E-state index contributed by atoms with van der Waals surface area (Å²) in [6.07, 6.45) is 6.96. The summed E-state index contributed by atoms with van der Waals surface area (Å²) in [5, 5.41) is 7.04. The number of amides is 1. The lowest BCUT2D eigenvalue weighted by Gasteiger charge is -2.13. The Labute approximate surface area is 201 Å². The minimum absolute atomic E-state index is 0.0153. The largest absolute Gasteiger partial charge is 0.493 e.